The van der Waals surface area contributed by atoms with Crippen molar-refractivity contribution < 1.29 is 9.59 Å². The van der Waals surface area contributed by atoms with Crippen molar-refractivity contribution in [3.05, 3.63) is 70.2 Å². The Balaban J connectivity index is 1.43. The minimum absolute atomic E-state index is 0.0376. The van der Waals surface area contributed by atoms with Gasteiger partial charge in [0.15, 0.2) is 0 Å². The summed E-state index contributed by atoms with van der Waals surface area (Å²) >= 11 is 5.95. The lowest BCUT2D eigenvalue weighted by Crippen LogP contribution is -2.42. The molecule has 0 spiro atoms. The SMILES string of the molecule is NC(=O)c1cccc(CCNC(=O)N2CCCN(Cc3ccc(Cl)cc3)CC2)c1. The zero-order valence-electron chi connectivity index (χ0n) is 16.4. The van der Waals surface area contributed by atoms with Gasteiger partial charge in [-0.2, -0.15) is 0 Å². The van der Waals surface area contributed by atoms with E-state index in [0.717, 1.165) is 43.2 Å². The van der Waals surface area contributed by atoms with Gasteiger partial charge in [0.25, 0.3) is 0 Å². The lowest BCUT2D eigenvalue weighted by atomic mass is 10.1. The van der Waals surface area contributed by atoms with Crippen LogP contribution < -0.4 is 11.1 Å². The van der Waals surface area contributed by atoms with Crippen molar-refractivity contribution in [2.24, 2.45) is 5.73 Å². The van der Waals surface area contributed by atoms with Gasteiger partial charge in [-0.15, -0.1) is 0 Å². The van der Waals surface area contributed by atoms with E-state index in [2.05, 4.69) is 10.2 Å². The van der Waals surface area contributed by atoms with Gasteiger partial charge in [-0.25, -0.2) is 4.79 Å². The summed E-state index contributed by atoms with van der Waals surface area (Å²) in [6.07, 6.45) is 1.60. The molecule has 0 bridgehead atoms. The van der Waals surface area contributed by atoms with Crippen molar-refractivity contribution >= 4 is 23.5 Å². The number of primary amides is 1. The number of carbonyl (C=O) groups is 2. The summed E-state index contributed by atoms with van der Waals surface area (Å²) in [5.74, 6) is -0.441. The van der Waals surface area contributed by atoms with Gasteiger partial charge < -0.3 is 16.0 Å². The first-order valence-corrected chi connectivity index (χ1v) is 10.3. The van der Waals surface area contributed by atoms with Gasteiger partial charge in [-0.3, -0.25) is 9.69 Å². The highest BCUT2D eigenvalue weighted by molar-refractivity contribution is 6.30. The Hall–Kier alpha value is -2.57. The van der Waals surface area contributed by atoms with Crippen LogP contribution in [-0.4, -0.2) is 54.5 Å². The third-order valence-corrected chi connectivity index (χ3v) is 5.35. The van der Waals surface area contributed by atoms with Crippen LogP contribution in [0.2, 0.25) is 5.02 Å². The number of urea groups is 1. The van der Waals surface area contributed by atoms with Gasteiger partial charge >= 0.3 is 6.03 Å². The number of carbonyl (C=O) groups excluding carboxylic acids is 2. The Morgan fingerprint density at radius 1 is 1.00 bits per heavy atom. The fourth-order valence-corrected chi connectivity index (χ4v) is 3.61. The number of halogens is 1. The lowest BCUT2D eigenvalue weighted by Gasteiger charge is -2.22. The molecule has 0 saturated carbocycles. The fourth-order valence-electron chi connectivity index (χ4n) is 3.49. The van der Waals surface area contributed by atoms with E-state index in [1.54, 1.807) is 18.2 Å². The highest BCUT2D eigenvalue weighted by atomic mass is 35.5. The molecule has 7 heteroatoms. The minimum Gasteiger partial charge on any atom is -0.366 e. The second-order valence-corrected chi connectivity index (χ2v) is 7.73. The molecule has 1 saturated heterocycles. The van der Waals surface area contributed by atoms with Crippen molar-refractivity contribution in [2.75, 3.05) is 32.7 Å². The van der Waals surface area contributed by atoms with Crippen molar-refractivity contribution in [3.63, 3.8) is 0 Å². The molecule has 6 nitrogen and oxygen atoms in total. The van der Waals surface area contributed by atoms with E-state index >= 15 is 0 Å². The Kier molecular flexibility index (Phi) is 7.49. The Labute approximate surface area is 176 Å². The summed E-state index contributed by atoms with van der Waals surface area (Å²) in [7, 11) is 0. The highest BCUT2D eigenvalue weighted by Crippen LogP contribution is 2.13. The lowest BCUT2D eigenvalue weighted by molar-refractivity contribution is 0.1000. The third kappa shape index (κ3) is 6.48. The van der Waals surface area contributed by atoms with Crippen LogP contribution >= 0.6 is 11.6 Å². The standard InChI is InChI=1S/C22H27ClN4O2/c23-20-7-5-18(6-8-20)16-26-11-2-12-27(14-13-26)22(29)25-10-9-17-3-1-4-19(15-17)21(24)28/h1,3-8,15H,2,9-14,16H2,(H2,24,28)(H,25,29). The molecule has 0 atom stereocenters. The van der Waals surface area contributed by atoms with Crippen LogP contribution in [-0.2, 0) is 13.0 Å². The zero-order chi connectivity index (χ0) is 20.6. The van der Waals surface area contributed by atoms with Crippen molar-refractivity contribution in [2.45, 2.75) is 19.4 Å². The number of benzene rings is 2. The summed E-state index contributed by atoms with van der Waals surface area (Å²) in [5.41, 5.74) is 8.01. The number of amides is 3. The maximum Gasteiger partial charge on any atom is 0.317 e. The number of nitrogens with one attached hydrogen (secondary N) is 1. The van der Waals surface area contributed by atoms with E-state index in [4.69, 9.17) is 17.3 Å². The molecule has 3 rings (SSSR count). The average Bonchev–Trinajstić information content (AvgIpc) is 2.95. The normalized spacial score (nSPS) is 15.0. The predicted octanol–water partition coefficient (Wildman–Crippen LogP) is 2.90. The molecule has 2 aromatic carbocycles. The van der Waals surface area contributed by atoms with Crippen LogP contribution in [0.15, 0.2) is 48.5 Å². The number of rotatable bonds is 6. The molecule has 1 aliphatic rings. The van der Waals surface area contributed by atoms with Gasteiger partial charge in [0.05, 0.1) is 0 Å². The molecule has 3 amide bonds. The third-order valence-electron chi connectivity index (χ3n) is 5.10. The monoisotopic (exact) mass is 414 g/mol. The molecule has 29 heavy (non-hydrogen) atoms. The molecule has 0 radical (unpaired) electrons. The number of nitrogens with two attached hydrogens (primary N) is 1. The molecule has 1 fully saturated rings. The van der Waals surface area contributed by atoms with E-state index in [0.29, 0.717) is 25.1 Å². The molecule has 0 unspecified atom stereocenters. The van der Waals surface area contributed by atoms with Crippen LogP contribution in [0.3, 0.4) is 0 Å². The summed E-state index contributed by atoms with van der Waals surface area (Å²) in [6, 6.07) is 15.1. The van der Waals surface area contributed by atoms with Crippen molar-refractivity contribution in [3.8, 4) is 0 Å². The van der Waals surface area contributed by atoms with Gasteiger partial charge in [-0.1, -0.05) is 35.9 Å². The summed E-state index contributed by atoms with van der Waals surface area (Å²) < 4.78 is 0. The second kappa shape index (κ2) is 10.3. The maximum atomic E-state index is 12.5. The Morgan fingerprint density at radius 2 is 1.79 bits per heavy atom. The molecule has 0 aromatic heterocycles. The first kappa shape index (κ1) is 21.1. The molecule has 1 heterocycles. The fraction of sp³-hybridized carbons (Fsp3) is 0.364. The van der Waals surface area contributed by atoms with Gasteiger partial charge in [0.2, 0.25) is 5.91 Å². The first-order chi connectivity index (χ1) is 14.0. The number of hydrogen-bond donors (Lipinski definition) is 2. The summed E-state index contributed by atoms with van der Waals surface area (Å²) in [5, 5.41) is 3.73. The quantitative estimate of drug-likeness (QED) is 0.762. The number of hydrogen-bond acceptors (Lipinski definition) is 3. The van der Waals surface area contributed by atoms with E-state index in [9.17, 15) is 9.59 Å². The number of nitrogens with zero attached hydrogens (tertiary/aromatic N) is 2. The largest absolute Gasteiger partial charge is 0.366 e. The van der Waals surface area contributed by atoms with Crippen LogP contribution in [0, 0.1) is 0 Å². The molecule has 1 aliphatic heterocycles. The van der Waals surface area contributed by atoms with E-state index < -0.39 is 5.91 Å². The second-order valence-electron chi connectivity index (χ2n) is 7.29. The van der Waals surface area contributed by atoms with Crippen molar-refractivity contribution in [1.29, 1.82) is 0 Å². The molecule has 154 valence electrons. The average molecular weight is 415 g/mol. The Bertz CT molecular complexity index is 841. The van der Waals surface area contributed by atoms with Gasteiger partial charge in [0, 0.05) is 49.9 Å². The summed E-state index contributed by atoms with van der Waals surface area (Å²) in [6.45, 7) is 4.65. The maximum absolute atomic E-state index is 12.5. The molecule has 3 N–H and O–H groups in total. The zero-order valence-corrected chi connectivity index (χ0v) is 17.2. The first-order valence-electron chi connectivity index (χ1n) is 9.89. The van der Waals surface area contributed by atoms with Crippen LogP contribution in [0.4, 0.5) is 4.79 Å². The van der Waals surface area contributed by atoms with Gasteiger partial charge in [-0.05, 0) is 48.2 Å². The van der Waals surface area contributed by atoms with Crippen molar-refractivity contribution in [1.82, 2.24) is 15.1 Å². The summed E-state index contributed by atoms with van der Waals surface area (Å²) in [4.78, 5) is 28.0. The molecule has 0 aliphatic carbocycles. The van der Waals surface area contributed by atoms with E-state index in [1.807, 2.05) is 35.2 Å². The molecular formula is C22H27ClN4O2. The van der Waals surface area contributed by atoms with E-state index in [-0.39, 0.29) is 6.03 Å². The van der Waals surface area contributed by atoms with Crippen LogP contribution in [0.5, 0.6) is 0 Å². The smallest absolute Gasteiger partial charge is 0.317 e. The Morgan fingerprint density at radius 3 is 2.55 bits per heavy atom. The van der Waals surface area contributed by atoms with E-state index in [1.165, 1.54) is 5.56 Å². The van der Waals surface area contributed by atoms with Gasteiger partial charge in [0.1, 0.15) is 0 Å². The minimum atomic E-state index is -0.441. The highest BCUT2D eigenvalue weighted by Gasteiger charge is 2.19. The predicted molar refractivity (Wildman–Crippen MR) is 115 cm³/mol. The topological polar surface area (TPSA) is 78.7 Å². The molecule has 2 aromatic rings. The van der Waals surface area contributed by atoms with Crippen LogP contribution in [0.1, 0.15) is 27.9 Å². The van der Waals surface area contributed by atoms with Crippen LogP contribution in [0.25, 0.3) is 0 Å². The molecular weight excluding hydrogens is 388 g/mol.